The molecule has 9 nitrogen and oxygen atoms in total. The second kappa shape index (κ2) is 7.86. The van der Waals surface area contributed by atoms with E-state index in [1.54, 1.807) is 0 Å². The molecule has 0 aliphatic carbocycles. The number of hydrogen-bond donors (Lipinski definition) is 3. The molecule has 1 aromatic heterocycles. The SMILES string of the molecule is CN(C)c1ccc(/C=N/NC(=O)CCc2n[nH]c(=O)[nH]c2=O)cc1. The first-order valence-corrected chi connectivity index (χ1v) is 7.23. The number of nitrogens with zero attached hydrogens (tertiary/aromatic N) is 3. The lowest BCUT2D eigenvalue weighted by atomic mass is 10.2. The highest BCUT2D eigenvalue weighted by Crippen LogP contribution is 2.10. The van der Waals surface area contributed by atoms with Crippen LogP contribution < -0.4 is 21.6 Å². The number of H-pyrrole nitrogens is 2. The van der Waals surface area contributed by atoms with Crippen molar-refractivity contribution in [3.05, 3.63) is 56.4 Å². The van der Waals surface area contributed by atoms with Crippen LogP contribution in [0.5, 0.6) is 0 Å². The number of hydrazone groups is 1. The molecule has 0 saturated heterocycles. The van der Waals surface area contributed by atoms with Gasteiger partial charge in [-0.05, 0) is 17.7 Å². The number of anilines is 1. The van der Waals surface area contributed by atoms with Crippen LogP contribution in [0.2, 0.25) is 0 Å². The molecule has 0 aliphatic heterocycles. The van der Waals surface area contributed by atoms with Gasteiger partial charge in [-0.1, -0.05) is 12.1 Å². The van der Waals surface area contributed by atoms with Crippen molar-refractivity contribution < 1.29 is 4.79 Å². The third-order valence-electron chi connectivity index (χ3n) is 3.18. The molecule has 2 aromatic rings. The Labute approximate surface area is 137 Å². The van der Waals surface area contributed by atoms with Gasteiger partial charge in [-0.2, -0.15) is 10.2 Å². The molecule has 0 fully saturated rings. The first kappa shape index (κ1) is 17.1. The quantitative estimate of drug-likeness (QED) is 0.491. The summed E-state index contributed by atoms with van der Waals surface area (Å²) in [5, 5.41) is 9.57. The van der Waals surface area contributed by atoms with Gasteiger partial charge in [-0.15, -0.1) is 0 Å². The Morgan fingerprint density at radius 3 is 2.62 bits per heavy atom. The maximum atomic E-state index is 11.7. The highest BCUT2D eigenvalue weighted by molar-refractivity contribution is 5.82. The minimum atomic E-state index is -0.682. The lowest BCUT2D eigenvalue weighted by Gasteiger charge is -2.11. The van der Waals surface area contributed by atoms with Crippen molar-refractivity contribution in [2.24, 2.45) is 5.10 Å². The lowest BCUT2D eigenvalue weighted by molar-refractivity contribution is -0.121. The first-order chi connectivity index (χ1) is 11.5. The van der Waals surface area contributed by atoms with E-state index in [1.807, 2.05) is 48.2 Å². The fourth-order valence-electron chi connectivity index (χ4n) is 1.87. The molecule has 3 N–H and O–H groups in total. The van der Waals surface area contributed by atoms with Crippen LogP contribution in [-0.2, 0) is 11.2 Å². The topological polar surface area (TPSA) is 123 Å². The predicted molar refractivity (Wildman–Crippen MR) is 90.3 cm³/mol. The number of aromatic nitrogens is 3. The number of nitrogens with one attached hydrogen (secondary N) is 3. The summed E-state index contributed by atoms with van der Waals surface area (Å²) >= 11 is 0. The number of carbonyl (C=O) groups excluding carboxylic acids is 1. The van der Waals surface area contributed by atoms with E-state index in [0.29, 0.717) is 0 Å². The summed E-state index contributed by atoms with van der Waals surface area (Å²) in [5.41, 5.74) is 3.10. The minimum absolute atomic E-state index is 0.0268. The Kier molecular flexibility index (Phi) is 5.61. The van der Waals surface area contributed by atoms with Crippen molar-refractivity contribution in [2.45, 2.75) is 12.8 Å². The number of benzene rings is 1. The summed E-state index contributed by atoms with van der Waals surface area (Å²) in [6, 6.07) is 7.65. The Morgan fingerprint density at radius 1 is 1.29 bits per heavy atom. The Hall–Kier alpha value is -3.23. The lowest BCUT2D eigenvalue weighted by Crippen LogP contribution is -2.28. The monoisotopic (exact) mass is 330 g/mol. The van der Waals surface area contributed by atoms with Gasteiger partial charge >= 0.3 is 5.69 Å². The van der Waals surface area contributed by atoms with Gasteiger partial charge in [-0.25, -0.2) is 15.3 Å². The molecule has 24 heavy (non-hydrogen) atoms. The summed E-state index contributed by atoms with van der Waals surface area (Å²) in [4.78, 5) is 38.0. The third-order valence-corrected chi connectivity index (χ3v) is 3.18. The van der Waals surface area contributed by atoms with Crippen molar-refractivity contribution >= 4 is 17.8 Å². The molecule has 1 amide bonds. The van der Waals surface area contributed by atoms with E-state index in [1.165, 1.54) is 6.21 Å². The van der Waals surface area contributed by atoms with Crippen molar-refractivity contribution in [1.29, 1.82) is 0 Å². The second-order valence-corrected chi connectivity index (χ2v) is 5.23. The fraction of sp³-hybridized carbons (Fsp3) is 0.267. The zero-order valence-corrected chi connectivity index (χ0v) is 13.4. The summed E-state index contributed by atoms with van der Waals surface area (Å²) in [6.07, 6.45) is 1.66. The van der Waals surface area contributed by atoms with E-state index in [4.69, 9.17) is 0 Å². The number of carbonyl (C=O) groups is 1. The maximum Gasteiger partial charge on any atom is 0.342 e. The van der Waals surface area contributed by atoms with Crippen molar-refractivity contribution in [1.82, 2.24) is 20.6 Å². The van der Waals surface area contributed by atoms with Gasteiger partial charge in [0.25, 0.3) is 5.56 Å². The van der Waals surface area contributed by atoms with E-state index in [-0.39, 0.29) is 24.4 Å². The van der Waals surface area contributed by atoms with Crippen LogP contribution in [0.25, 0.3) is 0 Å². The normalized spacial score (nSPS) is 10.8. The minimum Gasteiger partial charge on any atom is -0.378 e. The van der Waals surface area contributed by atoms with Crippen molar-refractivity contribution in [3.8, 4) is 0 Å². The van der Waals surface area contributed by atoms with Gasteiger partial charge in [-0.3, -0.25) is 14.6 Å². The number of aryl methyl sites for hydroxylation is 1. The molecule has 0 saturated carbocycles. The molecule has 0 atom stereocenters. The van der Waals surface area contributed by atoms with Gasteiger partial charge in [0.05, 0.1) is 6.21 Å². The molecular weight excluding hydrogens is 312 g/mol. The summed E-state index contributed by atoms with van der Waals surface area (Å²) in [7, 11) is 3.90. The summed E-state index contributed by atoms with van der Waals surface area (Å²) < 4.78 is 0. The molecular formula is C15H18N6O3. The molecule has 9 heteroatoms. The molecule has 1 aromatic carbocycles. The smallest absolute Gasteiger partial charge is 0.342 e. The fourth-order valence-corrected chi connectivity index (χ4v) is 1.87. The summed E-state index contributed by atoms with van der Waals surface area (Å²) in [6.45, 7) is 0. The zero-order chi connectivity index (χ0) is 17.5. The molecule has 2 rings (SSSR count). The summed E-state index contributed by atoms with van der Waals surface area (Å²) in [5.74, 6) is -0.358. The number of rotatable bonds is 6. The average Bonchev–Trinajstić information content (AvgIpc) is 2.54. The molecule has 0 spiro atoms. The average molecular weight is 330 g/mol. The van der Waals surface area contributed by atoms with Crippen LogP contribution in [0.3, 0.4) is 0 Å². The van der Waals surface area contributed by atoms with E-state index in [9.17, 15) is 14.4 Å². The van der Waals surface area contributed by atoms with Gasteiger partial charge in [0.15, 0.2) is 0 Å². The van der Waals surface area contributed by atoms with Crippen LogP contribution in [0.15, 0.2) is 39.0 Å². The number of amides is 1. The maximum absolute atomic E-state index is 11.7. The number of aromatic amines is 2. The first-order valence-electron chi connectivity index (χ1n) is 7.23. The van der Waals surface area contributed by atoms with Crippen LogP contribution in [-0.4, -0.2) is 41.4 Å². The Balaban J connectivity index is 1.84. The highest BCUT2D eigenvalue weighted by atomic mass is 16.2. The van der Waals surface area contributed by atoms with Crippen LogP contribution in [0.4, 0.5) is 5.69 Å². The molecule has 0 radical (unpaired) electrons. The van der Waals surface area contributed by atoms with Crippen molar-refractivity contribution in [2.75, 3.05) is 19.0 Å². The highest BCUT2D eigenvalue weighted by Gasteiger charge is 2.06. The van der Waals surface area contributed by atoms with Gasteiger partial charge in [0, 0.05) is 32.6 Å². The van der Waals surface area contributed by atoms with Crippen LogP contribution in [0, 0.1) is 0 Å². The molecule has 0 unspecified atom stereocenters. The second-order valence-electron chi connectivity index (χ2n) is 5.23. The standard InChI is InChI=1S/C15H18N6O3/c1-21(2)11-5-3-10(4-6-11)9-16-19-13(22)8-7-12-14(23)17-15(24)20-18-12/h3-6,9H,7-8H2,1-2H3,(H,19,22)(H2,17,20,23,24)/b16-9+. The van der Waals surface area contributed by atoms with Crippen LogP contribution >= 0.6 is 0 Å². The molecule has 1 heterocycles. The van der Waals surface area contributed by atoms with E-state index in [0.717, 1.165) is 11.3 Å². The molecule has 0 aliphatic rings. The van der Waals surface area contributed by atoms with Crippen molar-refractivity contribution in [3.63, 3.8) is 0 Å². The zero-order valence-electron chi connectivity index (χ0n) is 13.4. The van der Waals surface area contributed by atoms with Gasteiger partial charge < -0.3 is 4.90 Å². The molecule has 0 bridgehead atoms. The Morgan fingerprint density at radius 2 is 2.00 bits per heavy atom. The van der Waals surface area contributed by atoms with Crippen LogP contribution in [0.1, 0.15) is 17.7 Å². The largest absolute Gasteiger partial charge is 0.378 e. The third kappa shape index (κ3) is 4.90. The van der Waals surface area contributed by atoms with Gasteiger partial charge in [0.2, 0.25) is 5.91 Å². The van der Waals surface area contributed by atoms with E-state index in [2.05, 4.69) is 20.7 Å². The predicted octanol–water partition coefficient (Wildman–Crippen LogP) is -0.393. The number of hydrogen-bond acceptors (Lipinski definition) is 6. The van der Waals surface area contributed by atoms with E-state index >= 15 is 0 Å². The van der Waals surface area contributed by atoms with E-state index < -0.39 is 11.2 Å². The Bertz CT molecular complexity index is 835. The van der Waals surface area contributed by atoms with Gasteiger partial charge in [0.1, 0.15) is 5.69 Å². The molecule has 126 valence electrons.